The Hall–Kier alpha value is -2.47. The fourth-order valence-corrected chi connectivity index (χ4v) is 4.19. The third kappa shape index (κ3) is 2.84. The van der Waals surface area contributed by atoms with Crippen LogP contribution < -0.4 is 4.90 Å². The van der Waals surface area contributed by atoms with Crippen molar-refractivity contribution < 1.29 is 4.74 Å². The molecule has 6 heteroatoms. The number of anilines is 1. The van der Waals surface area contributed by atoms with Gasteiger partial charge in [0.05, 0.1) is 6.10 Å². The van der Waals surface area contributed by atoms with Gasteiger partial charge in [-0.15, -0.1) is 15.3 Å². The summed E-state index contributed by atoms with van der Waals surface area (Å²) in [6.45, 7) is 3.01. The van der Waals surface area contributed by atoms with Gasteiger partial charge in [0.15, 0.2) is 11.5 Å². The number of aromatic nitrogens is 4. The van der Waals surface area contributed by atoms with Crippen molar-refractivity contribution >= 4 is 11.5 Å². The van der Waals surface area contributed by atoms with Crippen LogP contribution in [-0.4, -0.2) is 45.6 Å². The van der Waals surface area contributed by atoms with E-state index < -0.39 is 0 Å². The van der Waals surface area contributed by atoms with E-state index in [2.05, 4.69) is 21.2 Å². The van der Waals surface area contributed by atoms with Crippen molar-refractivity contribution in [1.29, 1.82) is 0 Å². The van der Waals surface area contributed by atoms with Crippen LogP contribution in [0.4, 0.5) is 5.82 Å². The molecule has 4 heterocycles. The zero-order valence-electron chi connectivity index (χ0n) is 14.8. The summed E-state index contributed by atoms with van der Waals surface area (Å²) in [5, 5.41) is 13.4. The van der Waals surface area contributed by atoms with Crippen LogP contribution in [0.5, 0.6) is 0 Å². The van der Waals surface area contributed by atoms with E-state index in [0.717, 1.165) is 42.5 Å². The normalized spacial score (nSPS) is 21.5. The molecule has 0 bridgehead atoms. The van der Waals surface area contributed by atoms with Crippen molar-refractivity contribution in [3.63, 3.8) is 0 Å². The lowest BCUT2D eigenvalue weighted by molar-refractivity contribution is 0.0531. The average Bonchev–Trinajstić information content (AvgIpc) is 3.38. The molecule has 1 atom stereocenters. The number of rotatable bonds is 3. The van der Waals surface area contributed by atoms with Crippen LogP contribution in [0, 0.1) is 5.92 Å². The summed E-state index contributed by atoms with van der Waals surface area (Å²) in [6, 6.07) is 14.2. The standard InChI is InChI=1S/C20H23N5O/c1-2-5-16(6-3-1)20-22-21-18-8-9-19(23-25(18)20)24-12-10-15(11-13-24)17-7-4-14-26-17/h1-3,5-6,8-9,15,17H,4,7,10-14H2. The minimum Gasteiger partial charge on any atom is -0.378 e. The SMILES string of the molecule is c1ccc(-c2nnc3ccc(N4CCC(C5CCCO5)CC4)nn23)cc1. The van der Waals surface area contributed by atoms with Crippen LogP contribution in [0.3, 0.4) is 0 Å². The van der Waals surface area contributed by atoms with Crippen LogP contribution >= 0.6 is 0 Å². The number of fused-ring (bicyclic) bond motifs is 1. The molecule has 2 aliphatic heterocycles. The molecule has 26 heavy (non-hydrogen) atoms. The van der Waals surface area contributed by atoms with Gasteiger partial charge in [-0.25, -0.2) is 0 Å². The Morgan fingerprint density at radius 3 is 2.54 bits per heavy atom. The van der Waals surface area contributed by atoms with Crippen molar-refractivity contribution in [3.05, 3.63) is 42.5 Å². The Kier molecular flexibility index (Phi) is 4.05. The van der Waals surface area contributed by atoms with Gasteiger partial charge in [-0.1, -0.05) is 30.3 Å². The first-order valence-electron chi connectivity index (χ1n) is 9.53. The Bertz CT molecular complexity index is 880. The van der Waals surface area contributed by atoms with Gasteiger partial charge in [-0.2, -0.15) is 4.52 Å². The second-order valence-electron chi connectivity index (χ2n) is 7.23. The highest BCUT2D eigenvalue weighted by atomic mass is 16.5. The van der Waals surface area contributed by atoms with Crippen LogP contribution in [-0.2, 0) is 4.74 Å². The topological polar surface area (TPSA) is 55.5 Å². The minimum absolute atomic E-state index is 0.482. The monoisotopic (exact) mass is 349 g/mol. The van der Waals surface area contributed by atoms with E-state index in [0.29, 0.717) is 12.0 Å². The zero-order chi connectivity index (χ0) is 17.3. The maximum Gasteiger partial charge on any atom is 0.185 e. The number of ether oxygens (including phenoxy) is 1. The third-order valence-electron chi connectivity index (χ3n) is 5.64. The first-order valence-corrected chi connectivity index (χ1v) is 9.53. The summed E-state index contributed by atoms with van der Waals surface area (Å²) in [6.07, 6.45) is 5.29. The van der Waals surface area contributed by atoms with Crippen molar-refractivity contribution in [2.24, 2.45) is 5.92 Å². The van der Waals surface area contributed by atoms with E-state index in [1.54, 1.807) is 0 Å². The van der Waals surface area contributed by atoms with Gasteiger partial charge < -0.3 is 9.64 Å². The molecule has 0 aliphatic carbocycles. The molecule has 3 aromatic rings. The van der Waals surface area contributed by atoms with Gasteiger partial charge in [0.1, 0.15) is 5.82 Å². The third-order valence-corrected chi connectivity index (χ3v) is 5.64. The summed E-state index contributed by atoms with van der Waals surface area (Å²) in [5.74, 6) is 2.49. The number of hydrogen-bond acceptors (Lipinski definition) is 5. The Labute approximate surface area is 152 Å². The molecule has 1 unspecified atom stereocenters. The number of hydrogen-bond donors (Lipinski definition) is 0. The molecule has 2 fully saturated rings. The number of nitrogens with zero attached hydrogens (tertiary/aromatic N) is 5. The van der Waals surface area contributed by atoms with Crippen molar-refractivity contribution in [1.82, 2.24) is 19.8 Å². The molecule has 0 amide bonds. The molecule has 6 nitrogen and oxygen atoms in total. The van der Waals surface area contributed by atoms with Crippen molar-refractivity contribution in [2.75, 3.05) is 24.6 Å². The summed E-state index contributed by atoms with van der Waals surface area (Å²) in [4.78, 5) is 2.37. The largest absolute Gasteiger partial charge is 0.378 e. The van der Waals surface area contributed by atoms with E-state index in [1.807, 2.05) is 40.9 Å². The summed E-state index contributed by atoms with van der Waals surface area (Å²) < 4.78 is 7.75. The molecule has 2 aliphatic rings. The predicted octanol–water partition coefficient (Wildman–Crippen LogP) is 3.19. The second-order valence-corrected chi connectivity index (χ2v) is 7.23. The molecule has 2 aromatic heterocycles. The first-order chi connectivity index (χ1) is 12.9. The van der Waals surface area contributed by atoms with Gasteiger partial charge in [-0.05, 0) is 43.7 Å². The van der Waals surface area contributed by atoms with Gasteiger partial charge in [0, 0.05) is 25.3 Å². The first kappa shape index (κ1) is 15.8. The molecule has 0 spiro atoms. The van der Waals surface area contributed by atoms with Crippen LogP contribution in [0.25, 0.3) is 17.0 Å². The van der Waals surface area contributed by atoms with Gasteiger partial charge in [-0.3, -0.25) is 0 Å². The second kappa shape index (κ2) is 6.68. The Morgan fingerprint density at radius 1 is 0.923 bits per heavy atom. The highest BCUT2D eigenvalue weighted by Crippen LogP contribution is 2.30. The van der Waals surface area contributed by atoms with Crippen LogP contribution in [0.1, 0.15) is 25.7 Å². The average molecular weight is 349 g/mol. The molecule has 0 saturated carbocycles. The van der Waals surface area contributed by atoms with Crippen LogP contribution in [0.2, 0.25) is 0 Å². The highest BCUT2D eigenvalue weighted by Gasteiger charge is 2.30. The maximum atomic E-state index is 5.89. The molecule has 0 radical (unpaired) electrons. The molecule has 2 saturated heterocycles. The maximum absolute atomic E-state index is 5.89. The van der Waals surface area contributed by atoms with Gasteiger partial charge in [0.2, 0.25) is 0 Å². The summed E-state index contributed by atoms with van der Waals surface area (Å²) in [7, 11) is 0. The van der Waals surface area contributed by atoms with E-state index in [4.69, 9.17) is 9.84 Å². The van der Waals surface area contributed by atoms with E-state index in [-0.39, 0.29) is 0 Å². The fourth-order valence-electron chi connectivity index (χ4n) is 4.19. The lowest BCUT2D eigenvalue weighted by atomic mass is 9.90. The summed E-state index contributed by atoms with van der Waals surface area (Å²) in [5.41, 5.74) is 1.81. The molecule has 5 rings (SSSR count). The van der Waals surface area contributed by atoms with Crippen molar-refractivity contribution in [2.45, 2.75) is 31.8 Å². The van der Waals surface area contributed by atoms with E-state index in [9.17, 15) is 0 Å². The number of benzene rings is 1. The van der Waals surface area contributed by atoms with E-state index >= 15 is 0 Å². The lowest BCUT2D eigenvalue weighted by Gasteiger charge is -2.34. The van der Waals surface area contributed by atoms with Crippen molar-refractivity contribution in [3.8, 4) is 11.4 Å². The minimum atomic E-state index is 0.482. The Balaban J connectivity index is 1.38. The quantitative estimate of drug-likeness (QED) is 0.727. The van der Waals surface area contributed by atoms with Gasteiger partial charge in [0.25, 0.3) is 0 Å². The number of piperidine rings is 1. The van der Waals surface area contributed by atoms with Gasteiger partial charge >= 0.3 is 0 Å². The smallest absolute Gasteiger partial charge is 0.185 e. The molecule has 1 aromatic carbocycles. The lowest BCUT2D eigenvalue weighted by Crippen LogP contribution is -2.38. The molecular weight excluding hydrogens is 326 g/mol. The summed E-state index contributed by atoms with van der Waals surface area (Å²) >= 11 is 0. The molecule has 0 N–H and O–H groups in total. The highest BCUT2D eigenvalue weighted by molar-refractivity contribution is 5.59. The molecular formula is C20H23N5O. The van der Waals surface area contributed by atoms with Crippen LogP contribution in [0.15, 0.2) is 42.5 Å². The fraction of sp³-hybridized carbons (Fsp3) is 0.450. The molecule has 134 valence electrons. The Morgan fingerprint density at radius 2 is 1.77 bits per heavy atom. The predicted molar refractivity (Wildman–Crippen MR) is 100 cm³/mol. The van der Waals surface area contributed by atoms with E-state index in [1.165, 1.54) is 25.7 Å². The zero-order valence-corrected chi connectivity index (χ0v) is 14.8.